The molecule has 2 aliphatic heterocycles. The summed E-state index contributed by atoms with van der Waals surface area (Å²) in [5, 5.41) is 8.10. The van der Waals surface area contributed by atoms with E-state index in [9.17, 15) is 9.59 Å². The molecule has 0 radical (unpaired) electrons. The van der Waals surface area contributed by atoms with Crippen LogP contribution in [0.15, 0.2) is 0 Å². The lowest BCUT2D eigenvalue weighted by Crippen LogP contribution is -2.51. The molecule has 2 fully saturated rings. The first-order chi connectivity index (χ1) is 11.3. The van der Waals surface area contributed by atoms with E-state index < -0.39 is 11.7 Å². The molecule has 2 rings (SSSR count). The number of nitrogens with zero attached hydrogens (tertiary/aromatic N) is 1. The minimum Gasteiger partial charge on any atom is -0.444 e. The molecule has 0 saturated carbocycles. The van der Waals surface area contributed by atoms with Gasteiger partial charge in [-0.2, -0.15) is 0 Å². The van der Waals surface area contributed by atoms with Crippen LogP contribution in [0.1, 0.15) is 33.6 Å². The average Bonchev–Trinajstić information content (AvgIpc) is 2.95. The van der Waals surface area contributed by atoms with Crippen LogP contribution in [0.2, 0.25) is 0 Å². The number of hydrogen-bond acceptors (Lipinski definition) is 5. The molecule has 2 atom stereocenters. The highest BCUT2D eigenvalue weighted by Gasteiger charge is 2.32. The lowest BCUT2D eigenvalue weighted by Gasteiger charge is -2.35. The topological polar surface area (TPSA) is 91.9 Å². The second-order valence-electron chi connectivity index (χ2n) is 7.31. The fraction of sp³-hybridized carbons (Fsp3) is 0.875. The highest BCUT2D eigenvalue weighted by atomic mass is 16.6. The number of hydrogen-bond donors (Lipinski definition) is 3. The zero-order valence-corrected chi connectivity index (χ0v) is 14.9. The van der Waals surface area contributed by atoms with E-state index in [1.807, 2.05) is 0 Å². The third kappa shape index (κ3) is 6.52. The van der Waals surface area contributed by atoms with Crippen LogP contribution in [0.4, 0.5) is 9.59 Å². The molecule has 0 aromatic rings. The maximum absolute atomic E-state index is 11.8. The fourth-order valence-corrected chi connectivity index (χ4v) is 2.93. The molecule has 24 heavy (non-hydrogen) atoms. The van der Waals surface area contributed by atoms with Crippen molar-refractivity contribution in [1.82, 2.24) is 20.9 Å². The maximum atomic E-state index is 11.8. The summed E-state index contributed by atoms with van der Waals surface area (Å²) in [7, 11) is 0. The van der Waals surface area contributed by atoms with Gasteiger partial charge in [-0.05, 0) is 40.2 Å². The van der Waals surface area contributed by atoms with Gasteiger partial charge in [0.05, 0.1) is 12.7 Å². The highest BCUT2D eigenvalue weighted by molar-refractivity contribution is 5.74. The summed E-state index contributed by atoms with van der Waals surface area (Å²) in [5.41, 5.74) is -0.525. The molecule has 0 bridgehead atoms. The van der Waals surface area contributed by atoms with Gasteiger partial charge in [-0.25, -0.2) is 9.59 Å². The zero-order valence-electron chi connectivity index (χ0n) is 14.9. The van der Waals surface area contributed by atoms with E-state index in [2.05, 4.69) is 20.9 Å². The zero-order chi connectivity index (χ0) is 17.6. The molecule has 3 amide bonds. The molecule has 0 aliphatic carbocycles. The first-order valence-corrected chi connectivity index (χ1v) is 8.68. The largest absolute Gasteiger partial charge is 0.444 e. The molecule has 0 aromatic heterocycles. The highest BCUT2D eigenvalue weighted by Crippen LogP contribution is 2.22. The molecule has 2 unspecified atom stereocenters. The van der Waals surface area contributed by atoms with Crippen LogP contribution in [-0.4, -0.2) is 74.1 Å². The number of nitrogens with one attached hydrogen (secondary N) is 3. The van der Waals surface area contributed by atoms with Crippen molar-refractivity contribution in [3.8, 4) is 0 Å². The fourth-order valence-electron chi connectivity index (χ4n) is 2.93. The second kappa shape index (κ2) is 8.53. The van der Waals surface area contributed by atoms with Gasteiger partial charge < -0.3 is 25.4 Å². The maximum Gasteiger partial charge on any atom is 0.407 e. The Bertz CT molecular complexity index is 438. The van der Waals surface area contributed by atoms with Crippen molar-refractivity contribution in [2.75, 3.05) is 39.3 Å². The van der Waals surface area contributed by atoms with E-state index in [1.165, 1.54) is 12.8 Å². The van der Waals surface area contributed by atoms with E-state index in [1.54, 1.807) is 20.8 Å². The van der Waals surface area contributed by atoms with Gasteiger partial charge in [0.25, 0.3) is 0 Å². The Balaban J connectivity index is 1.52. The van der Waals surface area contributed by atoms with E-state index in [-0.39, 0.29) is 12.1 Å². The Labute approximate surface area is 143 Å². The summed E-state index contributed by atoms with van der Waals surface area (Å²) < 4.78 is 10.9. The van der Waals surface area contributed by atoms with Crippen LogP contribution >= 0.6 is 0 Å². The van der Waals surface area contributed by atoms with Gasteiger partial charge in [-0.1, -0.05) is 0 Å². The molecule has 0 aromatic carbocycles. The molecule has 0 spiro atoms. The Morgan fingerprint density at radius 1 is 1.21 bits per heavy atom. The summed E-state index contributed by atoms with van der Waals surface area (Å²) in [5.74, 6) is 0. The predicted octanol–water partition coefficient (Wildman–Crippen LogP) is 0.674. The van der Waals surface area contributed by atoms with Crippen LogP contribution in [0.5, 0.6) is 0 Å². The van der Waals surface area contributed by atoms with Crippen LogP contribution in [0.25, 0.3) is 0 Å². The number of morpholine rings is 1. The predicted molar refractivity (Wildman–Crippen MR) is 90.0 cm³/mol. The van der Waals surface area contributed by atoms with Gasteiger partial charge in [-0.15, -0.1) is 0 Å². The third-order valence-electron chi connectivity index (χ3n) is 4.03. The van der Waals surface area contributed by atoms with Crippen molar-refractivity contribution in [2.45, 2.75) is 51.4 Å². The minimum atomic E-state index is -0.525. The Hall–Kier alpha value is -1.54. The molecule has 8 heteroatoms. The SMILES string of the molecule is CC(C)(C)OC(=O)NCCNC(=O)NCC1CN2CCCC2CO1. The van der Waals surface area contributed by atoms with E-state index in [0.717, 1.165) is 19.7 Å². The molecule has 138 valence electrons. The normalized spacial score (nSPS) is 24.1. The molecule has 2 heterocycles. The van der Waals surface area contributed by atoms with Crippen molar-refractivity contribution < 1.29 is 19.1 Å². The molecule has 8 nitrogen and oxygen atoms in total. The number of fused-ring (bicyclic) bond motifs is 1. The first-order valence-electron chi connectivity index (χ1n) is 8.68. The number of carbonyl (C=O) groups is 2. The molecular formula is C16H30N4O4. The van der Waals surface area contributed by atoms with Crippen LogP contribution in [0, 0.1) is 0 Å². The van der Waals surface area contributed by atoms with Gasteiger partial charge in [-0.3, -0.25) is 4.90 Å². The summed E-state index contributed by atoms with van der Waals surface area (Å²) in [6, 6.07) is 0.308. The summed E-state index contributed by atoms with van der Waals surface area (Å²) >= 11 is 0. The number of rotatable bonds is 5. The Kier molecular flexibility index (Phi) is 6.68. The van der Waals surface area contributed by atoms with Gasteiger partial charge in [0, 0.05) is 32.2 Å². The number of carbonyl (C=O) groups excluding carboxylic acids is 2. The quantitative estimate of drug-likeness (QED) is 0.639. The van der Waals surface area contributed by atoms with Crippen LogP contribution in [-0.2, 0) is 9.47 Å². The average molecular weight is 342 g/mol. The first kappa shape index (κ1) is 18.8. The van der Waals surface area contributed by atoms with Crippen LogP contribution < -0.4 is 16.0 Å². The van der Waals surface area contributed by atoms with Crippen molar-refractivity contribution in [3.63, 3.8) is 0 Å². The number of urea groups is 1. The number of ether oxygens (including phenoxy) is 2. The summed E-state index contributed by atoms with van der Waals surface area (Å²) in [4.78, 5) is 25.6. The van der Waals surface area contributed by atoms with E-state index >= 15 is 0 Å². The number of alkyl carbamates (subject to hydrolysis) is 1. The molecule has 2 saturated heterocycles. The van der Waals surface area contributed by atoms with Crippen molar-refractivity contribution in [1.29, 1.82) is 0 Å². The lowest BCUT2D eigenvalue weighted by atomic mass is 10.2. The van der Waals surface area contributed by atoms with Gasteiger partial charge in [0.1, 0.15) is 5.60 Å². The summed E-state index contributed by atoms with van der Waals surface area (Å²) in [6.45, 7) is 9.32. The Morgan fingerprint density at radius 2 is 1.96 bits per heavy atom. The van der Waals surface area contributed by atoms with Gasteiger partial charge >= 0.3 is 12.1 Å². The van der Waals surface area contributed by atoms with Crippen molar-refractivity contribution in [3.05, 3.63) is 0 Å². The summed E-state index contributed by atoms with van der Waals surface area (Å²) in [6.07, 6.45) is 2.01. The molecule has 2 aliphatic rings. The van der Waals surface area contributed by atoms with Crippen molar-refractivity contribution >= 4 is 12.1 Å². The minimum absolute atomic E-state index is 0.0463. The molecule has 3 N–H and O–H groups in total. The van der Waals surface area contributed by atoms with E-state index in [0.29, 0.717) is 25.7 Å². The lowest BCUT2D eigenvalue weighted by molar-refractivity contribution is -0.0457. The third-order valence-corrected chi connectivity index (χ3v) is 4.03. The standard InChI is InChI=1S/C16H30N4O4/c1-16(2,3)24-15(22)18-7-6-17-14(21)19-9-13-10-20-8-4-5-12(20)11-23-13/h12-13H,4-11H2,1-3H3,(H,18,22)(H2,17,19,21). The Morgan fingerprint density at radius 3 is 2.71 bits per heavy atom. The molecular weight excluding hydrogens is 312 g/mol. The van der Waals surface area contributed by atoms with Gasteiger partial charge in [0.15, 0.2) is 0 Å². The van der Waals surface area contributed by atoms with Crippen LogP contribution in [0.3, 0.4) is 0 Å². The smallest absolute Gasteiger partial charge is 0.407 e. The number of amides is 3. The second-order valence-corrected chi connectivity index (χ2v) is 7.31. The van der Waals surface area contributed by atoms with Gasteiger partial charge in [0.2, 0.25) is 0 Å². The van der Waals surface area contributed by atoms with E-state index in [4.69, 9.17) is 9.47 Å². The monoisotopic (exact) mass is 342 g/mol. The van der Waals surface area contributed by atoms with Crippen molar-refractivity contribution in [2.24, 2.45) is 0 Å².